The van der Waals surface area contributed by atoms with E-state index in [1.807, 2.05) is 0 Å². The first-order valence-corrected chi connectivity index (χ1v) is 8.90. The third-order valence-corrected chi connectivity index (χ3v) is 4.64. The zero-order valence-corrected chi connectivity index (χ0v) is 14.9. The van der Waals surface area contributed by atoms with Crippen LogP contribution in [0.15, 0.2) is 54.7 Å². The van der Waals surface area contributed by atoms with Crippen LogP contribution in [0.2, 0.25) is 0 Å². The Hall–Kier alpha value is -3.29. The highest BCUT2D eigenvalue weighted by atomic mass is 19.1. The van der Waals surface area contributed by atoms with Gasteiger partial charge in [-0.05, 0) is 42.5 Å². The van der Waals surface area contributed by atoms with Crippen molar-refractivity contribution in [1.29, 1.82) is 0 Å². The topological polar surface area (TPSA) is 44.3 Å². The molecule has 2 heterocycles. The maximum Gasteiger partial charge on any atom is 0.229 e. The van der Waals surface area contributed by atoms with Gasteiger partial charge in [0, 0.05) is 38.1 Å². The van der Waals surface area contributed by atoms with Gasteiger partial charge < -0.3 is 15.1 Å². The van der Waals surface area contributed by atoms with Gasteiger partial charge in [0.05, 0.1) is 0 Å². The minimum Gasteiger partial charge on any atom is -0.368 e. The predicted octanol–water partition coefficient (Wildman–Crippen LogP) is 3.96. The normalized spacial score (nSPS) is 14.2. The molecule has 144 valence electrons. The van der Waals surface area contributed by atoms with Crippen LogP contribution in [-0.4, -0.2) is 36.1 Å². The van der Waals surface area contributed by atoms with Crippen LogP contribution in [0.5, 0.6) is 0 Å². The highest BCUT2D eigenvalue weighted by Gasteiger charge is 2.19. The van der Waals surface area contributed by atoms with Crippen molar-refractivity contribution >= 4 is 23.1 Å². The highest BCUT2D eigenvalue weighted by molar-refractivity contribution is 5.57. The third kappa shape index (κ3) is 3.85. The maximum atomic E-state index is 13.8. The van der Waals surface area contributed by atoms with Gasteiger partial charge in [0.25, 0.3) is 0 Å². The van der Waals surface area contributed by atoms with Gasteiger partial charge in [-0.25, -0.2) is 18.2 Å². The average molecular weight is 385 g/mol. The number of hydrogen-bond acceptors (Lipinski definition) is 5. The minimum atomic E-state index is -0.707. The fourth-order valence-electron chi connectivity index (χ4n) is 3.16. The Bertz CT molecular complexity index is 936. The van der Waals surface area contributed by atoms with Crippen LogP contribution in [0.1, 0.15) is 0 Å². The summed E-state index contributed by atoms with van der Waals surface area (Å²) in [5.74, 6) is -0.867. The molecule has 1 aliphatic rings. The van der Waals surface area contributed by atoms with Gasteiger partial charge in [-0.3, -0.25) is 0 Å². The lowest BCUT2D eigenvalue weighted by molar-refractivity contribution is 0.590. The third-order valence-electron chi connectivity index (χ3n) is 4.64. The van der Waals surface area contributed by atoms with Crippen LogP contribution in [-0.2, 0) is 0 Å². The van der Waals surface area contributed by atoms with E-state index in [-0.39, 0.29) is 17.5 Å². The molecule has 28 heavy (non-hydrogen) atoms. The summed E-state index contributed by atoms with van der Waals surface area (Å²) in [6.07, 6.45) is 1.55. The number of nitrogens with zero attached hydrogens (tertiary/aromatic N) is 4. The molecule has 1 aromatic heterocycles. The molecule has 2 aromatic carbocycles. The molecule has 1 fully saturated rings. The molecule has 5 nitrogen and oxygen atoms in total. The molecule has 0 spiro atoms. The van der Waals surface area contributed by atoms with Crippen molar-refractivity contribution in [3.05, 3.63) is 72.2 Å². The molecule has 3 aromatic rings. The van der Waals surface area contributed by atoms with E-state index in [4.69, 9.17) is 0 Å². The van der Waals surface area contributed by atoms with Crippen LogP contribution < -0.4 is 15.1 Å². The Morgan fingerprint density at radius 2 is 1.43 bits per heavy atom. The highest BCUT2D eigenvalue weighted by Crippen LogP contribution is 2.23. The first-order valence-electron chi connectivity index (χ1n) is 8.90. The van der Waals surface area contributed by atoms with Crippen LogP contribution in [0.4, 0.5) is 36.3 Å². The second kappa shape index (κ2) is 7.75. The van der Waals surface area contributed by atoms with Gasteiger partial charge in [0.2, 0.25) is 5.95 Å². The van der Waals surface area contributed by atoms with Gasteiger partial charge in [-0.1, -0.05) is 6.07 Å². The zero-order valence-electron chi connectivity index (χ0n) is 14.9. The summed E-state index contributed by atoms with van der Waals surface area (Å²) in [4.78, 5) is 12.7. The van der Waals surface area contributed by atoms with Crippen molar-refractivity contribution in [3.63, 3.8) is 0 Å². The SMILES string of the molecule is Fc1ccc(N2CCN(c3ccnc(Nc4c(F)cccc4F)n3)CC2)cc1. The number of para-hydroxylation sites is 1. The molecule has 0 atom stereocenters. The maximum absolute atomic E-state index is 13.8. The van der Waals surface area contributed by atoms with E-state index in [0.717, 1.165) is 18.8 Å². The summed E-state index contributed by atoms with van der Waals surface area (Å²) in [6, 6.07) is 11.8. The molecule has 0 aliphatic carbocycles. The molecule has 1 aliphatic heterocycles. The van der Waals surface area contributed by atoms with E-state index in [2.05, 4.69) is 25.1 Å². The summed E-state index contributed by atoms with van der Waals surface area (Å²) in [5.41, 5.74) is 0.696. The molecule has 0 saturated carbocycles. The van der Waals surface area contributed by atoms with E-state index in [1.54, 1.807) is 24.4 Å². The molecule has 0 radical (unpaired) electrons. The number of anilines is 4. The number of hydrogen-bond donors (Lipinski definition) is 1. The van der Waals surface area contributed by atoms with E-state index in [0.29, 0.717) is 18.9 Å². The molecule has 8 heteroatoms. The Morgan fingerprint density at radius 3 is 2.11 bits per heavy atom. The van der Waals surface area contributed by atoms with Crippen molar-refractivity contribution in [1.82, 2.24) is 9.97 Å². The van der Waals surface area contributed by atoms with Crippen LogP contribution >= 0.6 is 0 Å². The second-order valence-corrected chi connectivity index (χ2v) is 6.41. The van der Waals surface area contributed by atoms with Gasteiger partial charge in [-0.2, -0.15) is 4.98 Å². The summed E-state index contributed by atoms with van der Waals surface area (Å²) >= 11 is 0. The fourth-order valence-corrected chi connectivity index (χ4v) is 3.16. The van der Waals surface area contributed by atoms with Crippen molar-refractivity contribution < 1.29 is 13.2 Å². The van der Waals surface area contributed by atoms with E-state index in [9.17, 15) is 13.2 Å². The van der Waals surface area contributed by atoms with Crippen LogP contribution in [0, 0.1) is 17.5 Å². The van der Waals surface area contributed by atoms with Gasteiger partial charge in [0.15, 0.2) is 0 Å². The molecular weight excluding hydrogens is 367 g/mol. The van der Waals surface area contributed by atoms with Crippen molar-refractivity contribution in [2.24, 2.45) is 0 Å². The van der Waals surface area contributed by atoms with E-state index < -0.39 is 11.6 Å². The Morgan fingerprint density at radius 1 is 0.786 bits per heavy atom. The fraction of sp³-hybridized carbons (Fsp3) is 0.200. The Kier molecular flexibility index (Phi) is 5.01. The van der Waals surface area contributed by atoms with Crippen molar-refractivity contribution in [2.45, 2.75) is 0 Å². The number of rotatable bonds is 4. The Labute approximate surface area is 160 Å². The van der Waals surface area contributed by atoms with Gasteiger partial charge >= 0.3 is 0 Å². The zero-order chi connectivity index (χ0) is 19.5. The standard InChI is InChI=1S/C20H18F3N5/c21-14-4-6-15(7-5-14)27-10-12-28(13-11-27)18-8-9-24-20(25-18)26-19-16(22)2-1-3-17(19)23/h1-9H,10-13H2,(H,24,25,26). The Balaban J connectivity index is 1.44. The smallest absolute Gasteiger partial charge is 0.229 e. The largest absolute Gasteiger partial charge is 0.368 e. The van der Waals surface area contributed by atoms with Crippen molar-refractivity contribution in [3.8, 4) is 0 Å². The van der Waals surface area contributed by atoms with Crippen LogP contribution in [0.25, 0.3) is 0 Å². The molecule has 0 bridgehead atoms. The van der Waals surface area contributed by atoms with Gasteiger partial charge in [0.1, 0.15) is 29.0 Å². The van der Waals surface area contributed by atoms with Crippen molar-refractivity contribution in [2.75, 3.05) is 41.3 Å². The van der Waals surface area contributed by atoms with Gasteiger partial charge in [-0.15, -0.1) is 0 Å². The molecule has 0 unspecified atom stereocenters. The molecular formula is C20H18F3N5. The second-order valence-electron chi connectivity index (χ2n) is 6.41. The lowest BCUT2D eigenvalue weighted by atomic mass is 10.2. The monoisotopic (exact) mass is 385 g/mol. The minimum absolute atomic E-state index is 0.127. The summed E-state index contributed by atoms with van der Waals surface area (Å²) in [7, 11) is 0. The number of halogens is 3. The first-order chi connectivity index (χ1) is 13.6. The van der Waals surface area contributed by atoms with E-state index in [1.165, 1.54) is 30.3 Å². The molecule has 1 N–H and O–H groups in total. The number of benzene rings is 2. The number of nitrogens with one attached hydrogen (secondary N) is 1. The summed E-state index contributed by atoms with van der Waals surface area (Å²) < 4.78 is 40.7. The van der Waals surface area contributed by atoms with E-state index >= 15 is 0 Å². The molecule has 1 saturated heterocycles. The predicted molar refractivity (Wildman–Crippen MR) is 102 cm³/mol. The first kappa shape index (κ1) is 18.1. The average Bonchev–Trinajstić information content (AvgIpc) is 2.72. The number of piperazine rings is 1. The lowest BCUT2D eigenvalue weighted by Crippen LogP contribution is -2.46. The number of aromatic nitrogens is 2. The molecule has 4 rings (SSSR count). The summed E-state index contributed by atoms with van der Waals surface area (Å²) in [5, 5.41) is 2.62. The lowest BCUT2D eigenvalue weighted by Gasteiger charge is -2.36. The summed E-state index contributed by atoms with van der Waals surface area (Å²) in [6.45, 7) is 2.92. The molecule has 0 amide bonds. The van der Waals surface area contributed by atoms with Crippen LogP contribution in [0.3, 0.4) is 0 Å². The quantitative estimate of drug-likeness (QED) is 0.736.